The molecule has 1 aliphatic carbocycles. The number of ether oxygens (including phenoxy) is 2. The molecular formula is C52H67N9O8S2. The summed E-state index contributed by atoms with van der Waals surface area (Å²) in [5.74, 6) is -0.141. The van der Waals surface area contributed by atoms with E-state index >= 15 is 0 Å². The van der Waals surface area contributed by atoms with Crippen LogP contribution in [0.1, 0.15) is 77.1 Å². The van der Waals surface area contributed by atoms with E-state index in [2.05, 4.69) is 35.6 Å². The maximum absolute atomic E-state index is 14.3. The number of aromatic nitrogens is 1. The number of hydrogen-bond acceptors (Lipinski definition) is 15. The third-order valence-corrected chi connectivity index (χ3v) is 16.6. The number of nitro benzene ring substituents is 1. The van der Waals surface area contributed by atoms with Crippen LogP contribution in [0, 0.1) is 22.5 Å². The van der Waals surface area contributed by atoms with Crippen molar-refractivity contribution in [1.29, 1.82) is 0 Å². The Labute approximate surface area is 424 Å². The first-order valence-electron chi connectivity index (χ1n) is 25.0. The van der Waals surface area contributed by atoms with Crippen molar-refractivity contribution in [3.63, 3.8) is 0 Å². The summed E-state index contributed by atoms with van der Waals surface area (Å²) in [6, 6.07) is 16.8. The van der Waals surface area contributed by atoms with Gasteiger partial charge in [0.15, 0.2) is 0 Å². The fourth-order valence-electron chi connectivity index (χ4n) is 10.2. The number of nitro groups is 1. The number of carbonyl (C=O) groups is 3. The van der Waals surface area contributed by atoms with Crippen LogP contribution in [0.5, 0.6) is 5.75 Å². The highest BCUT2D eigenvalue weighted by atomic mass is 32.2. The van der Waals surface area contributed by atoms with Gasteiger partial charge in [0.2, 0.25) is 17.7 Å². The minimum Gasteiger partial charge on any atom is -0.490 e. The Morgan fingerprint density at radius 3 is 2.20 bits per heavy atom. The molecule has 0 radical (unpaired) electrons. The fourth-order valence-corrected chi connectivity index (χ4v) is 12.0. The predicted molar refractivity (Wildman–Crippen MR) is 274 cm³/mol. The van der Waals surface area contributed by atoms with Gasteiger partial charge in [0.05, 0.1) is 63.3 Å². The number of aliphatic hydroxyl groups excluding tert-OH is 1. The van der Waals surface area contributed by atoms with Crippen LogP contribution in [0.15, 0.2) is 76.0 Å². The maximum atomic E-state index is 14.3. The topological polar surface area (TPSA) is 195 Å². The average Bonchev–Trinajstić information content (AvgIpc) is 3.96. The van der Waals surface area contributed by atoms with E-state index in [-0.39, 0.29) is 72.2 Å². The van der Waals surface area contributed by atoms with Gasteiger partial charge in [-0.05, 0) is 67.5 Å². The monoisotopic (exact) mass is 1010 g/mol. The molecule has 4 aromatic rings. The summed E-state index contributed by atoms with van der Waals surface area (Å²) in [6.07, 6.45) is 3.56. The Bertz CT molecular complexity index is 2550. The first-order chi connectivity index (χ1) is 34.0. The van der Waals surface area contributed by atoms with Gasteiger partial charge < -0.3 is 40.3 Å². The molecule has 9 rings (SSSR count). The van der Waals surface area contributed by atoms with Crippen LogP contribution >= 0.6 is 23.1 Å². The third kappa shape index (κ3) is 12.4. The summed E-state index contributed by atoms with van der Waals surface area (Å²) in [6.45, 7) is 17.0. The number of β-amino-alcohol motifs (C(OH)–C–C–N with tert-alkyl or cyclic N) is 1. The predicted octanol–water partition coefficient (Wildman–Crippen LogP) is 6.61. The van der Waals surface area contributed by atoms with Gasteiger partial charge in [-0.25, -0.2) is 4.98 Å². The number of aryl methyl sites for hydroxylation is 1. The van der Waals surface area contributed by atoms with Crippen molar-refractivity contribution in [2.75, 3.05) is 70.8 Å². The van der Waals surface area contributed by atoms with Crippen LogP contribution in [-0.2, 0) is 19.1 Å². The molecule has 0 spiro atoms. The number of piperazine rings is 1. The number of nitrogens with zero attached hydrogens (tertiary/aromatic N) is 6. The molecule has 17 nitrogen and oxygen atoms in total. The lowest BCUT2D eigenvalue weighted by Gasteiger charge is -2.40. The Balaban J connectivity index is 0.660. The second-order valence-electron chi connectivity index (χ2n) is 20.8. The number of nitrogens with one attached hydrogen (secondary N) is 3. The second kappa shape index (κ2) is 21.9. The number of benzene rings is 3. The van der Waals surface area contributed by atoms with Crippen molar-refractivity contribution < 1.29 is 33.9 Å². The molecule has 4 aliphatic heterocycles. The van der Waals surface area contributed by atoms with Gasteiger partial charge >= 0.3 is 0 Å². The number of amides is 3. The number of anilines is 2. The lowest BCUT2D eigenvalue weighted by Crippen LogP contribution is -2.59. The number of piperidine rings is 1. The van der Waals surface area contributed by atoms with Gasteiger partial charge in [-0.15, -0.1) is 11.3 Å². The normalized spacial score (nSPS) is 22.9. The second-order valence-corrected chi connectivity index (χ2v) is 22.8. The van der Waals surface area contributed by atoms with Gasteiger partial charge in [-0.2, -0.15) is 0 Å². The SMILES string of the molecule is Cc1ncsc1-c1ccc([C@H](C)NC(=O)[C@@H]2C[C@@H](O)CN2C(=O)C(NC(=O)CN2CCN(CCN3CCC(OC4CC(Oc5ccc6c(c5)Sc5cc([N+](=O)[O-])ccc5N6)C4)CC3)CC2)C(C)(C)C)cc1. The van der Waals surface area contributed by atoms with Crippen LogP contribution in [0.3, 0.4) is 0 Å². The molecule has 71 heavy (non-hydrogen) atoms. The minimum atomic E-state index is -0.882. The number of non-ortho nitro benzene ring substituents is 1. The highest BCUT2D eigenvalue weighted by Gasteiger charge is 2.45. The molecule has 5 aliphatic rings. The number of likely N-dealkylation sites (tertiary alicyclic amines) is 2. The molecule has 4 N–H and O–H groups in total. The van der Waals surface area contributed by atoms with E-state index in [0.29, 0.717) is 0 Å². The van der Waals surface area contributed by atoms with E-state index in [1.165, 1.54) is 22.7 Å². The summed E-state index contributed by atoms with van der Waals surface area (Å²) in [4.78, 5) is 68.3. The van der Waals surface area contributed by atoms with Crippen molar-refractivity contribution >= 4 is 57.9 Å². The summed E-state index contributed by atoms with van der Waals surface area (Å²) in [7, 11) is 0. The molecule has 0 bridgehead atoms. The Morgan fingerprint density at radius 1 is 0.873 bits per heavy atom. The third-order valence-electron chi connectivity index (χ3n) is 14.5. The minimum absolute atomic E-state index is 0.0231. The number of hydrogen-bond donors (Lipinski definition) is 4. The van der Waals surface area contributed by atoms with Crippen LogP contribution in [0.25, 0.3) is 10.4 Å². The van der Waals surface area contributed by atoms with Crippen molar-refractivity contribution in [2.24, 2.45) is 5.41 Å². The van der Waals surface area contributed by atoms with E-state index in [9.17, 15) is 29.6 Å². The van der Waals surface area contributed by atoms with Crippen molar-refractivity contribution in [3.8, 4) is 16.2 Å². The molecule has 3 aromatic carbocycles. The molecule has 1 unspecified atom stereocenters. The Hall–Kier alpha value is -5.15. The lowest BCUT2D eigenvalue weighted by molar-refractivity contribution is -0.385. The van der Waals surface area contributed by atoms with Gasteiger partial charge in [-0.1, -0.05) is 56.8 Å². The van der Waals surface area contributed by atoms with E-state index in [0.717, 1.165) is 127 Å². The van der Waals surface area contributed by atoms with E-state index in [4.69, 9.17) is 9.47 Å². The summed E-state index contributed by atoms with van der Waals surface area (Å²) in [5.41, 5.74) is 6.04. The number of fused-ring (bicyclic) bond motifs is 2. The van der Waals surface area contributed by atoms with E-state index in [1.54, 1.807) is 23.5 Å². The Morgan fingerprint density at radius 2 is 1.54 bits per heavy atom. The molecular weight excluding hydrogens is 943 g/mol. The molecule has 380 valence electrons. The maximum Gasteiger partial charge on any atom is 0.270 e. The highest BCUT2D eigenvalue weighted by Crippen LogP contribution is 2.47. The van der Waals surface area contributed by atoms with E-state index < -0.39 is 23.6 Å². The molecule has 19 heteroatoms. The molecule has 5 heterocycles. The van der Waals surface area contributed by atoms with Crippen LogP contribution in [-0.4, -0.2) is 154 Å². The molecule has 3 amide bonds. The first-order valence-corrected chi connectivity index (χ1v) is 26.7. The summed E-state index contributed by atoms with van der Waals surface area (Å²) in [5, 5.41) is 31.5. The highest BCUT2D eigenvalue weighted by molar-refractivity contribution is 7.99. The van der Waals surface area contributed by atoms with E-state index in [1.807, 2.05) is 82.6 Å². The molecule has 3 saturated heterocycles. The number of carbonyl (C=O) groups excluding carboxylic acids is 3. The van der Waals surface area contributed by atoms with Crippen LogP contribution in [0.4, 0.5) is 17.1 Å². The quantitative estimate of drug-likeness (QED) is 0.0609. The van der Waals surface area contributed by atoms with Crippen LogP contribution in [0.2, 0.25) is 0 Å². The number of aliphatic hydroxyl groups is 1. The zero-order chi connectivity index (χ0) is 50.0. The molecule has 1 aromatic heterocycles. The molecule has 4 fully saturated rings. The molecule has 4 atom stereocenters. The number of thiazole rings is 1. The largest absolute Gasteiger partial charge is 0.490 e. The average molecular weight is 1010 g/mol. The fraction of sp³-hybridized carbons (Fsp3) is 0.538. The zero-order valence-electron chi connectivity index (χ0n) is 41.3. The van der Waals surface area contributed by atoms with Gasteiger partial charge in [0, 0.05) is 100 Å². The van der Waals surface area contributed by atoms with Gasteiger partial charge in [-0.3, -0.25) is 34.3 Å². The zero-order valence-corrected chi connectivity index (χ0v) is 42.9. The lowest BCUT2D eigenvalue weighted by atomic mass is 9.85. The first kappa shape index (κ1) is 50.8. The van der Waals surface area contributed by atoms with Crippen molar-refractivity contribution in [3.05, 3.63) is 87.5 Å². The summed E-state index contributed by atoms with van der Waals surface area (Å²) >= 11 is 3.09. The summed E-state index contributed by atoms with van der Waals surface area (Å²) < 4.78 is 12.8. The van der Waals surface area contributed by atoms with Crippen molar-refractivity contribution in [1.82, 2.24) is 35.2 Å². The Kier molecular flexibility index (Phi) is 15.7. The molecule has 1 saturated carbocycles. The van der Waals surface area contributed by atoms with Crippen LogP contribution < -0.4 is 20.7 Å². The smallest absolute Gasteiger partial charge is 0.270 e. The standard InChI is InChI=1S/C52H67N9O8S2/c1-32(34-6-8-35(9-7-34)48-33(2)53-31-70-48)54-50(64)44-25-37(62)29-60(44)51(65)49(52(3,4)5)56-47(63)30-59-22-20-58(21-23-59)19-18-57-16-14-38(15-17-57)68-40-26-41(27-40)69-39-11-13-43-46(28-39)71-45-24-36(61(66)67)10-12-42(45)55-43/h6-13,24,28,31-32,37-38,40-41,44,49,55,62H,14-23,25-27,29-30H2,1-5H3,(H,54,64)(H,56,63)/t32-,37+,40?,41?,44-,49?/m0/s1. The van der Waals surface area contributed by atoms with Crippen molar-refractivity contribution in [2.45, 2.75) is 119 Å². The number of rotatable bonds is 16. The van der Waals surface area contributed by atoms with Gasteiger partial charge in [0.1, 0.15) is 23.9 Å². The van der Waals surface area contributed by atoms with Gasteiger partial charge in [0.25, 0.3) is 5.69 Å².